The van der Waals surface area contributed by atoms with Crippen LogP contribution in [0.15, 0.2) is 30.3 Å². The van der Waals surface area contributed by atoms with Crippen LogP contribution >= 0.6 is 0 Å². The van der Waals surface area contributed by atoms with E-state index in [0.29, 0.717) is 28.6 Å². The van der Waals surface area contributed by atoms with Crippen molar-refractivity contribution < 1.29 is 13.9 Å². The number of carbonyl (C=O) groups excluding carboxylic acids is 1. The molecular formula is C20H22FN3O2. The van der Waals surface area contributed by atoms with E-state index in [1.807, 2.05) is 11.0 Å². The van der Waals surface area contributed by atoms with Crippen molar-refractivity contribution in [3.8, 4) is 5.75 Å². The molecule has 2 heterocycles. The summed E-state index contributed by atoms with van der Waals surface area (Å²) in [5.41, 5.74) is 1.81. The molecule has 1 aromatic heterocycles. The van der Waals surface area contributed by atoms with Gasteiger partial charge < -0.3 is 9.64 Å². The maximum Gasteiger partial charge on any atom is 0.272 e. The molecule has 2 aromatic rings. The summed E-state index contributed by atoms with van der Waals surface area (Å²) < 4.78 is 20.6. The van der Waals surface area contributed by atoms with Gasteiger partial charge in [0.2, 0.25) is 0 Å². The van der Waals surface area contributed by atoms with Crippen LogP contribution in [0.4, 0.5) is 4.39 Å². The molecule has 26 heavy (non-hydrogen) atoms. The largest absolute Gasteiger partial charge is 0.487 e. The van der Waals surface area contributed by atoms with E-state index in [-0.39, 0.29) is 18.3 Å². The number of nitrogens with zero attached hydrogens (tertiary/aromatic N) is 3. The fourth-order valence-corrected chi connectivity index (χ4v) is 4.71. The summed E-state index contributed by atoms with van der Waals surface area (Å²) in [7, 11) is 0. The average Bonchev–Trinajstić information content (AvgIpc) is 2.95. The van der Waals surface area contributed by atoms with Crippen LogP contribution in [0.2, 0.25) is 0 Å². The van der Waals surface area contributed by atoms with Crippen molar-refractivity contribution in [2.45, 2.75) is 45.4 Å². The zero-order valence-corrected chi connectivity index (χ0v) is 14.8. The summed E-state index contributed by atoms with van der Waals surface area (Å²) in [5.74, 6) is 1.01. The molecule has 3 aliphatic rings. The Balaban J connectivity index is 1.28. The molecule has 0 spiro atoms. The fourth-order valence-electron chi connectivity index (χ4n) is 4.71. The number of benzene rings is 1. The molecule has 0 N–H and O–H groups in total. The molecule has 1 amide bonds. The second kappa shape index (κ2) is 5.56. The summed E-state index contributed by atoms with van der Waals surface area (Å²) in [4.78, 5) is 15.0. The first kappa shape index (κ1) is 15.9. The Labute approximate surface area is 151 Å². The van der Waals surface area contributed by atoms with Gasteiger partial charge in [-0.2, -0.15) is 5.10 Å². The molecule has 2 aliphatic carbocycles. The molecule has 0 saturated heterocycles. The summed E-state index contributed by atoms with van der Waals surface area (Å²) >= 11 is 0. The van der Waals surface area contributed by atoms with E-state index in [9.17, 15) is 9.18 Å². The number of carbonyl (C=O) groups is 1. The van der Waals surface area contributed by atoms with Gasteiger partial charge in [0, 0.05) is 18.7 Å². The molecule has 2 fully saturated rings. The highest BCUT2D eigenvalue weighted by Gasteiger charge is 2.58. The Morgan fingerprint density at radius 2 is 2.19 bits per heavy atom. The molecule has 136 valence electrons. The van der Waals surface area contributed by atoms with Gasteiger partial charge in [0.1, 0.15) is 29.6 Å². The molecule has 5 rings (SSSR count). The molecule has 3 atom stereocenters. The van der Waals surface area contributed by atoms with Crippen LogP contribution in [0.3, 0.4) is 0 Å². The van der Waals surface area contributed by atoms with Crippen molar-refractivity contribution in [1.82, 2.24) is 14.7 Å². The third-order valence-electron chi connectivity index (χ3n) is 6.28. The summed E-state index contributed by atoms with van der Waals surface area (Å²) in [6.45, 7) is 4.02. The van der Waals surface area contributed by atoms with Crippen LogP contribution in [0, 0.1) is 17.2 Å². The number of halogens is 1. The lowest BCUT2D eigenvalue weighted by Gasteiger charge is -2.33. The van der Waals surface area contributed by atoms with E-state index in [1.165, 1.54) is 18.6 Å². The van der Waals surface area contributed by atoms with Gasteiger partial charge in [-0.15, -0.1) is 0 Å². The maximum absolute atomic E-state index is 13.2. The quantitative estimate of drug-likeness (QED) is 0.846. The predicted molar refractivity (Wildman–Crippen MR) is 93.2 cm³/mol. The second-order valence-corrected chi connectivity index (χ2v) is 8.14. The Hall–Kier alpha value is -2.37. The summed E-state index contributed by atoms with van der Waals surface area (Å²) in [6.07, 6.45) is 3.60. The lowest BCUT2D eigenvalue weighted by Crippen LogP contribution is -2.46. The zero-order chi connectivity index (χ0) is 17.9. The number of amides is 1. The standard InChI is InChI=1S/C20H22FN3O2/c1-20-10-13(20)7-16(11-20)23-5-6-24-18(19(23)25)9-15(22-24)12-26-17-4-2-3-14(21)8-17/h2-4,8-9,13,16H,5-7,10-12H2,1H3/t13-,16?,20-/m1/s1. The molecule has 1 aromatic carbocycles. The van der Waals surface area contributed by atoms with Gasteiger partial charge in [-0.05, 0) is 48.8 Å². The minimum Gasteiger partial charge on any atom is -0.487 e. The van der Waals surface area contributed by atoms with Crippen LogP contribution in [0.1, 0.15) is 42.4 Å². The first-order chi connectivity index (χ1) is 12.5. The third-order valence-corrected chi connectivity index (χ3v) is 6.28. The first-order valence-electron chi connectivity index (χ1n) is 9.28. The topological polar surface area (TPSA) is 47.4 Å². The predicted octanol–water partition coefficient (Wildman–Crippen LogP) is 3.25. The van der Waals surface area contributed by atoms with Crippen LogP contribution < -0.4 is 4.74 Å². The number of fused-ring (bicyclic) bond motifs is 2. The van der Waals surface area contributed by atoms with Crippen molar-refractivity contribution >= 4 is 5.91 Å². The molecule has 2 saturated carbocycles. The molecule has 0 radical (unpaired) electrons. The highest BCUT2D eigenvalue weighted by molar-refractivity contribution is 5.93. The van der Waals surface area contributed by atoms with Crippen molar-refractivity contribution in [2.75, 3.05) is 6.54 Å². The number of aromatic nitrogens is 2. The molecular weight excluding hydrogens is 333 g/mol. The summed E-state index contributed by atoms with van der Waals surface area (Å²) in [6, 6.07) is 8.22. The third kappa shape index (κ3) is 2.59. The maximum atomic E-state index is 13.2. The number of ether oxygens (including phenoxy) is 1. The number of rotatable bonds is 4. The Morgan fingerprint density at radius 3 is 2.96 bits per heavy atom. The van der Waals surface area contributed by atoms with Crippen LogP contribution in [0.25, 0.3) is 0 Å². The fraction of sp³-hybridized carbons (Fsp3) is 0.500. The zero-order valence-electron chi connectivity index (χ0n) is 14.8. The van der Waals surface area contributed by atoms with Gasteiger partial charge in [0.15, 0.2) is 0 Å². The number of hydrogen-bond acceptors (Lipinski definition) is 3. The van der Waals surface area contributed by atoms with E-state index in [1.54, 1.807) is 16.8 Å². The van der Waals surface area contributed by atoms with Gasteiger partial charge >= 0.3 is 0 Å². The van der Waals surface area contributed by atoms with Crippen molar-refractivity contribution in [2.24, 2.45) is 11.3 Å². The van der Waals surface area contributed by atoms with Gasteiger partial charge in [0.25, 0.3) is 5.91 Å². The van der Waals surface area contributed by atoms with Gasteiger partial charge in [-0.1, -0.05) is 13.0 Å². The smallest absolute Gasteiger partial charge is 0.272 e. The average molecular weight is 355 g/mol. The van der Waals surface area contributed by atoms with Gasteiger partial charge in [0.05, 0.1) is 6.54 Å². The lowest BCUT2D eigenvalue weighted by molar-refractivity contribution is 0.0596. The second-order valence-electron chi connectivity index (χ2n) is 8.14. The van der Waals surface area contributed by atoms with Crippen molar-refractivity contribution in [3.63, 3.8) is 0 Å². The van der Waals surface area contributed by atoms with E-state index in [0.717, 1.165) is 31.8 Å². The Morgan fingerprint density at radius 1 is 1.31 bits per heavy atom. The highest BCUT2D eigenvalue weighted by atomic mass is 19.1. The minimum absolute atomic E-state index is 0.0793. The van der Waals surface area contributed by atoms with E-state index in [4.69, 9.17) is 4.74 Å². The first-order valence-corrected chi connectivity index (χ1v) is 9.28. The van der Waals surface area contributed by atoms with Crippen LogP contribution in [0.5, 0.6) is 5.75 Å². The normalized spacial score (nSPS) is 29.5. The lowest BCUT2D eigenvalue weighted by atomic mass is 10.0. The number of hydrogen-bond donors (Lipinski definition) is 0. The van der Waals surface area contributed by atoms with Crippen molar-refractivity contribution in [3.05, 3.63) is 47.5 Å². The van der Waals surface area contributed by atoms with Gasteiger partial charge in [-0.3, -0.25) is 9.48 Å². The van der Waals surface area contributed by atoms with Crippen molar-refractivity contribution in [1.29, 1.82) is 0 Å². The highest BCUT2D eigenvalue weighted by Crippen LogP contribution is 2.64. The SMILES string of the molecule is C[C@@]12CC(N3CCn4nc(COc5cccc(F)c5)cc4C3=O)C[C@@H]1C2. The van der Waals surface area contributed by atoms with E-state index < -0.39 is 0 Å². The van der Waals surface area contributed by atoms with E-state index in [2.05, 4.69) is 12.0 Å². The molecule has 5 nitrogen and oxygen atoms in total. The summed E-state index contributed by atoms with van der Waals surface area (Å²) in [5, 5.41) is 4.49. The molecule has 1 unspecified atom stereocenters. The van der Waals surface area contributed by atoms with Crippen LogP contribution in [-0.2, 0) is 13.2 Å². The molecule has 1 aliphatic heterocycles. The Kier molecular flexibility index (Phi) is 3.39. The monoisotopic (exact) mass is 355 g/mol. The van der Waals surface area contributed by atoms with Gasteiger partial charge in [-0.25, -0.2) is 4.39 Å². The van der Waals surface area contributed by atoms with Crippen LogP contribution in [-0.4, -0.2) is 33.2 Å². The minimum atomic E-state index is -0.333. The molecule has 0 bridgehead atoms. The Bertz CT molecular complexity index is 880. The van der Waals surface area contributed by atoms with E-state index >= 15 is 0 Å². The molecule has 6 heteroatoms.